The van der Waals surface area contributed by atoms with Crippen LogP contribution in [0.3, 0.4) is 0 Å². The molecular formula is C29H40ClF3N7O9PS. The Bertz CT molecular complexity index is 1960. The van der Waals surface area contributed by atoms with Crippen LogP contribution in [-0.2, 0) is 32.7 Å². The second-order valence-corrected chi connectivity index (χ2v) is 15.9. The van der Waals surface area contributed by atoms with E-state index in [4.69, 9.17) is 37.9 Å². The van der Waals surface area contributed by atoms with E-state index in [0.29, 0.717) is 26.1 Å². The number of esters is 1. The molecule has 16 nitrogen and oxygen atoms in total. The highest BCUT2D eigenvalue weighted by atomic mass is 35.5. The number of halogens is 4. The van der Waals surface area contributed by atoms with Crippen LogP contribution in [0.2, 0.25) is 5.02 Å². The molecule has 1 aromatic carbocycles. The number of nitrogens with zero attached hydrogens (tertiary/aromatic N) is 5. The quantitative estimate of drug-likeness (QED) is 0.111. The highest BCUT2D eigenvalue weighted by Gasteiger charge is 2.35. The summed E-state index contributed by atoms with van der Waals surface area (Å²) >= 11 is 7.23. The molecule has 3 aromatic rings. The fraction of sp³-hybridized carbons (Fsp3) is 0.483. The highest BCUT2D eigenvalue weighted by Crippen LogP contribution is 2.35. The minimum atomic E-state index is -4.86. The van der Waals surface area contributed by atoms with Gasteiger partial charge < -0.3 is 26.3 Å². The lowest BCUT2D eigenvalue weighted by Gasteiger charge is -2.16. The molecule has 2 aromatic heterocycles. The summed E-state index contributed by atoms with van der Waals surface area (Å²) in [7, 11) is -2.21. The number of nitrogens with two attached hydrogens (primary N) is 2. The molecule has 6 N–H and O–H groups in total. The average molecular weight is 786 g/mol. The molecule has 2 atom stereocenters. The third kappa shape index (κ3) is 13.3. The zero-order valence-corrected chi connectivity index (χ0v) is 31.4. The molecule has 22 heteroatoms. The van der Waals surface area contributed by atoms with E-state index in [9.17, 15) is 41.7 Å². The summed E-state index contributed by atoms with van der Waals surface area (Å²) in [6.07, 6.45) is -3.51. The first-order valence-electron chi connectivity index (χ1n) is 14.6. The number of alkyl halides is 3. The van der Waals surface area contributed by atoms with E-state index < -0.39 is 54.6 Å². The standard InChI is InChI=1S/C16H14ClF3N2O4.C8H14N4OS.C5H12NO4P/c1-8(2)26-14(24)10-6-9(4-5-11(10)17)22-13(23)7-12(16(18,19)20)21(3)15(22)25;1-8(2,3)5-6(13)12(9)7(14-4)11-10-5;1-11(9,10)3-2-4(6)5(7)8/h4-8H,1-3H3;9H2,1-4H3;4H,2-3,6H2,1H3,(H,7,8)(H,9,10). The number of carbonyl (C=O) groups excluding carboxylic acids is 1. The maximum Gasteiger partial charge on any atom is 0.431 e. The van der Waals surface area contributed by atoms with Crippen LogP contribution in [0.15, 0.2) is 43.8 Å². The lowest BCUT2D eigenvalue weighted by atomic mass is 9.93. The Hall–Kier alpha value is -3.97. The third-order valence-electron chi connectivity index (χ3n) is 6.31. The molecule has 0 aliphatic carbocycles. The molecule has 0 saturated carbocycles. The van der Waals surface area contributed by atoms with Crippen molar-refractivity contribution in [1.29, 1.82) is 0 Å². The van der Waals surface area contributed by atoms with Crippen molar-refractivity contribution in [3.63, 3.8) is 0 Å². The Morgan fingerprint density at radius 2 is 1.69 bits per heavy atom. The monoisotopic (exact) mass is 785 g/mol. The Labute approximate surface area is 299 Å². The molecule has 0 fully saturated rings. The van der Waals surface area contributed by atoms with Crippen molar-refractivity contribution in [2.24, 2.45) is 12.8 Å². The van der Waals surface area contributed by atoms with Gasteiger partial charge in [0.15, 0.2) is 7.37 Å². The number of thioether (sulfide) groups is 1. The second-order valence-electron chi connectivity index (χ2n) is 12.1. The van der Waals surface area contributed by atoms with Crippen LogP contribution in [0, 0.1) is 0 Å². The number of aliphatic carboxylic acids is 1. The number of carboxylic acids is 1. The van der Waals surface area contributed by atoms with E-state index >= 15 is 0 Å². The summed E-state index contributed by atoms with van der Waals surface area (Å²) in [5.74, 6) is 3.64. The molecule has 0 aliphatic rings. The summed E-state index contributed by atoms with van der Waals surface area (Å²) < 4.78 is 56.2. The van der Waals surface area contributed by atoms with Crippen molar-refractivity contribution in [3.05, 3.63) is 77.4 Å². The van der Waals surface area contributed by atoms with Crippen LogP contribution in [0.25, 0.3) is 5.69 Å². The van der Waals surface area contributed by atoms with E-state index in [1.54, 1.807) is 20.1 Å². The van der Waals surface area contributed by atoms with Gasteiger partial charge in [0.1, 0.15) is 17.4 Å². The SMILES string of the molecule is CC(C)OC(=O)c1cc(-n2c(=O)cc(C(F)(F)F)n(C)c2=O)ccc1Cl.CP(=O)(O)CCC(N)C(=O)O.CSc1nnc(C(C)(C)C)c(=O)n1N. The number of aromatic nitrogens is 5. The van der Waals surface area contributed by atoms with Gasteiger partial charge in [-0.1, -0.05) is 44.1 Å². The zero-order valence-electron chi connectivity index (χ0n) is 28.9. The minimum Gasteiger partial charge on any atom is -0.480 e. The van der Waals surface area contributed by atoms with E-state index in [0.717, 1.165) is 17.8 Å². The van der Waals surface area contributed by atoms with Crippen LogP contribution in [-0.4, -0.2) is 77.2 Å². The van der Waals surface area contributed by atoms with Gasteiger partial charge in [-0.05, 0) is 44.7 Å². The molecule has 0 spiro atoms. The Morgan fingerprint density at radius 3 is 2.14 bits per heavy atom. The predicted molar refractivity (Wildman–Crippen MR) is 186 cm³/mol. The smallest absolute Gasteiger partial charge is 0.431 e. The molecule has 2 heterocycles. The van der Waals surface area contributed by atoms with E-state index in [1.807, 2.05) is 20.8 Å². The van der Waals surface area contributed by atoms with Gasteiger partial charge in [-0.25, -0.2) is 14.2 Å². The fourth-order valence-electron chi connectivity index (χ4n) is 3.72. The minimum absolute atomic E-state index is 0.0104. The molecule has 0 aliphatic heterocycles. The maximum atomic E-state index is 12.9. The lowest BCUT2D eigenvalue weighted by molar-refractivity contribution is -0.144. The van der Waals surface area contributed by atoms with Gasteiger partial charge in [0.2, 0.25) is 5.16 Å². The number of ether oxygens (including phenoxy) is 1. The summed E-state index contributed by atoms with van der Waals surface area (Å²) in [5, 5.41) is 16.5. The van der Waals surface area contributed by atoms with Crippen molar-refractivity contribution in [1.82, 2.24) is 24.0 Å². The Balaban J connectivity index is 0.000000436. The van der Waals surface area contributed by atoms with Crippen molar-refractivity contribution in [2.45, 2.75) is 69.9 Å². The number of hydrogen-bond donors (Lipinski definition) is 4. The van der Waals surface area contributed by atoms with Crippen LogP contribution < -0.4 is 28.4 Å². The van der Waals surface area contributed by atoms with Gasteiger partial charge in [0, 0.05) is 31.4 Å². The topological polar surface area (TPSA) is 245 Å². The number of benzene rings is 1. The Morgan fingerprint density at radius 1 is 1.12 bits per heavy atom. The van der Waals surface area contributed by atoms with Crippen molar-refractivity contribution >= 4 is 42.7 Å². The Kier molecular flexibility index (Phi) is 15.9. The molecule has 0 bridgehead atoms. The van der Waals surface area contributed by atoms with Gasteiger partial charge in [-0.3, -0.25) is 23.5 Å². The van der Waals surface area contributed by atoms with Crippen LogP contribution in [0.1, 0.15) is 62.8 Å². The summed E-state index contributed by atoms with van der Waals surface area (Å²) in [4.78, 5) is 67.0. The van der Waals surface area contributed by atoms with Crippen LogP contribution in [0.4, 0.5) is 13.2 Å². The second kappa shape index (κ2) is 18.0. The van der Waals surface area contributed by atoms with Gasteiger partial charge in [0.05, 0.1) is 22.4 Å². The number of carboxylic acid groups (broad SMARTS) is 1. The molecule has 0 saturated heterocycles. The van der Waals surface area contributed by atoms with Crippen molar-refractivity contribution < 1.29 is 42.1 Å². The normalized spacial score (nSPS) is 13.2. The number of nitrogen functional groups attached to an aromatic ring is 1. The fourth-order valence-corrected chi connectivity index (χ4v) is 5.07. The summed E-state index contributed by atoms with van der Waals surface area (Å²) in [6, 6.07) is 2.88. The van der Waals surface area contributed by atoms with Gasteiger partial charge in [0.25, 0.3) is 11.1 Å². The molecule has 0 radical (unpaired) electrons. The third-order valence-corrected chi connectivity index (χ3v) is 8.37. The molecule has 3 rings (SSSR count). The molecule has 284 valence electrons. The number of carbonyl (C=O) groups is 2. The molecule has 2 unspecified atom stereocenters. The van der Waals surface area contributed by atoms with E-state index in [-0.39, 0.29) is 39.8 Å². The van der Waals surface area contributed by atoms with Crippen molar-refractivity contribution in [2.75, 3.05) is 24.9 Å². The van der Waals surface area contributed by atoms with E-state index in [1.165, 1.54) is 30.6 Å². The first-order chi connectivity index (χ1) is 23.1. The maximum absolute atomic E-state index is 12.9. The highest BCUT2D eigenvalue weighted by molar-refractivity contribution is 7.98. The first-order valence-corrected chi connectivity index (χ1v) is 18.5. The van der Waals surface area contributed by atoms with Gasteiger partial charge in [-0.2, -0.15) is 17.8 Å². The average Bonchev–Trinajstić information content (AvgIpc) is 2.98. The van der Waals surface area contributed by atoms with Crippen LogP contribution in [0.5, 0.6) is 0 Å². The lowest BCUT2D eigenvalue weighted by Crippen LogP contribution is -2.40. The van der Waals surface area contributed by atoms with Gasteiger partial charge in [-0.15, -0.1) is 10.2 Å². The molecular weight excluding hydrogens is 746 g/mol. The molecule has 51 heavy (non-hydrogen) atoms. The molecule has 0 amide bonds. The zero-order chi connectivity index (χ0) is 39.8. The van der Waals surface area contributed by atoms with E-state index in [2.05, 4.69) is 10.2 Å². The number of hydrogen-bond acceptors (Lipinski definition) is 12. The first kappa shape index (κ1) is 45.1. The summed E-state index contributed by atoms with van der Waals surface area (Å²) in [5.41, 5.74) is 0.862. The predicted octanol–water partition coefficient (Wildman–Crippen LogP) is 2.83. The summed E-state index contributed by atoms with van der Waals surface area (Å²) in [6.45, 7) is 10.1. The van der Waals surface area contributed by atoms with Crippen LogP contribution >= 0.6 is 30.7 Å². The number of rotatable bonds is 8. The van der Waals surface area contributed by atoms with Crippen molar-refractivity contribution in [3.8, 4) is 5.69 Å². The van der Waals surface area contributed by atoms with Gasteiger partial charge >= 0.3 is 23.8 Å². The largest absolute Gasteiger partial charge is 0.480 e.